The van der Waals surface area contributed by atoms with Crippen molar-refractivity contribution >= 4 is 23.2 Å². The second kappa shape index (κ2) is 9.79. The maximum absolute atomic E-state index is 13.6. The lowest BCUT2D eigenvalue weighted by molar-refractivity contribution is -0.115. The van der Waals surface area contributed by atoms with Crippen LogP contribution in [-0.2, 0) is 6.54 Å². The van der Waals surface area contributed by atoms with E-state index in [1.165, 1.54) is 22.9 Å². The molecule has 0 radical (unpaired) electrons. The number of ether oxygens (including phenoxy) is 2. The second-order valence-corrected chi connectivity index (χ2v) is 10.7. The highest BCUT2D eigenvalue weighted by molar-refractivity contribution is 6.30. The molecule has 1 N–H and O–H groups in total. The summed E-state index contributed by atoms with van der Waals surface area (Å²) in [6.07, 6.45) is 3.46. The van der Waals surface area contributed by atoms with Crippen molar-refractivity contribution in [2.24, 2.45) is 17.8 Å². The third kappa shape index (κ3) is 5.05. The lowest BCUT2D eigenvalue weighted by Gasteiger charge is -2.39. The maximum Gasteiger partial charge on any atom is 0.322 e. The summed E-state index contributed by atoms with van der Waals surface area (Å²) < 4.78 is 53.2. The second-order valence-electron chi connectivity index (χ2n) is 10.3. The molecule has 3 atom stereocenters. The monoisotopic (exact) mass is 549 g/mol. The molecule has 2 saturated carbocycles. The summed E-state index contributed by atoms with van der Waals surface area (Å²) in [5.74, 6) is -1.60. The largest absolute Gasteiger partial charge is 0.480 e. The summed E-state index contributed by atoms with van der Waals surface area (Å²) >= 11 is 5.90. The molecule has 2 aliphatic carbocycles. The molecule has 1 aromatic carbocycles. The standard InChI is InChI=1S/C25H27ClF3N7O2/c1-37-21-6-17(10-30-33-21)35-12-15-2-3-16(13-35)22(15)31-23-32-24(38-18-4-5-20(27)19(26)7-18)36(34-23)11-14-8-25(28,29)9-14/h4-7,10,14-16,22H,2-3,8-9,11-13H2,1H3,(H,31,34)/t15-,16+,22+. The predicted octanol–water partition coefficient (Wildman–Crippen LogP) is 5.03. The Bertz CT molecular complexity index is 1300. The summed E-state index contributed by atoms with van der Waals surface area (Å²) in [4.78, 5) is 6.84. The van der Waals surface area contributed by atoms with Gasteiger partial charge < -0.3 is 19.7 Å². The normalized spacial score (nSPS) is 24.2. The van der Waals surface area contributed by atoms with E-state index in [9.17, 15) is 13.2 Å². The van der Waals surface area contributed by atoms with E-state index in [-0.39, 0.29) is 48.1 Å². The number of anilines is 2. The average molecular weight is 550 g/mol. The third-order valence-corrected chi connectivity index (χ3v) is 7.95. The highest BCUT2D eigenvalue weighted by atomic mass is 35.5. The third-order valence-electron chi connectivity index (χ3n) is 7.67. The molecular weight excluding hydrogens is 523 g/mol. The van der Waals surface area contributed by atoms with Crippen LogP contribution in [0.2, 0.25) is 5.02 Å². The number of halogens is 4. The molecule has 3 heterocycles. The van der Waals surface area contributed by atoms with Crippen LogP contribution in [-0.4, -0.2) is 57.1 Å². The Balaban J connectivity index is 1.19. The number of alkyl halides is 2. The van der Waals surface area contributed by atoms with E-state index in [1.807, 2.05) is 6.07 Å². The topological polar surface area (TPSA) is 90.2 Å². The first-order chi connectivity index (χ1) is 18.3. The van der Waals surface area contributed by atoms with Gasteiger partial charge in [0.25, 0.3) is 0 Å². The number of hydrogen-bond acceptors (Lipinski definition) is 8. The van der Waals surface area contributed by atoms with Crippen LogP contribution < -0.4 is 19.7 Å². The van der Waals surface area contributed by atoms with E-state index in [0.717, 1.165) is 31.6 Å². The molecule has 0 spiro atoms. The van der Waals surface area contributed by atoms with Crippen molar-refractivity contribution in [3.8, 4) is 17.6 Å². The van der Waals surface area contributed by atoms with Gasteiger partial charge in [0.1, 0.15) is 11.6 Å². The molecule has 9 nitrogen and oxygen atoms in total. The fourth-order valence-electron chi connectivity index (χ4n) is 5.82. The molecule has 202 valence electrons. The summed E-state index contributed by atoms with van der Waals surface area (Å²) in [5.41, 5.74) is 0.973. The lowest BCUT2D eigenvalue weighted by Crippen LogP contribution is -2.48. The van der Waals surface area contributed by atoms with Gasteiger partial charge in [0.05, 0.1) is 24.0 Å². The van der Waals surface area contributed by atoms with Gasteiger partial charge in [-0.3, -0.25) is 0 Å². The number of piperidine rings is 1. The molecule has 6 rings (SSSR count). The number of aromatic nitrogens is 5. The smallest absolute Gasteiger partial charge is 0.322 e. The van der Waals surface area contributed by atoms with Crippen molar-refractivity contribution < 1.29 is 22.6 Å². The number of fused-ring (bicyclic) bond motifs is 2. The number of benzene rings is 1. The molecule has 3 aromatic rings. The number of hydrogen-bond donors (Lipinski definition) is 1. The van der Waals surface area contributed by atoms with E-state index >= 15 is 0 Å². The molecule has 3 fully saturated rings. The first-order valence-electron chi connectivity index (χ1n) is 12.6. The maximum atomic E-state index is 13.6. The zero-order valence-electron chi connectivity index (χ0n) is 20.7. The number of nitrogens with one attached hydrogen (secondary N) is 1. The van der Waals surface area contributed by atoms with Crippen LogP contribution >= 0.6 is 11.6 Å². The van der Waals surface area contributed by atoms with Gasteiger partial charge in [-0.05, 0) is 42.7 Å². The molecule has 1 saturated heterocycles. The van der Waals surface area contributed by atoms with Crippen LogP contribution in [0.25, 0.3) is 0 Å². The Morgan fingerprint density at radius 3 is 2.61 bits per heavy atom. The van der Waals surface area contributed by atoms with Crippen LogP contribution in [0.1, 0.15) is 25.7 Å². The van der Waals surface area contributed by atoms with E-state index in [4.69, 9.17) is 21.1 Å². The Labute approximate surface area is 222 Å². The molecule has 2 bridgehead atoms. The SMILES string of the molecule is COc1cc(N2C[C@H]3CC[C@@H](C2)[C@H]3Nc2nc(Oc3ccc(F)c(Cl)c3)n(CC3CC(F)(F)C3)n2)cnn1. The van der Waals surface area contributed by atoms with Crippen LogP contribution in [0.3, 0.4) is 0 Å². The molecule has 0 amide bonds. The Kier molecular flexibility index (Phi) is 6.45. The fourth-order valence-corrected chi connectivity index (χ4v) is 5.99. The van der Waals surface area contributed by atoms with Crippen LogP contribution in [0, 0.1) is 23.6 Å². The molecular formula is C25H27ClF3N7O2. The zero-order valence-corrected chi connectivity index (χ0v) is 21.4. The highest BCUT2D eigenvalue weighted by Gasteiger charge is 2.46. The van der Waals surface area contributed by atoms with E-state index in [1.54, 1.807) is 13.3 Å². The van der Waals surface area contributed by atoms with Crippen molar-refractivity contribution in [2.45, 2.75) is 44.2 Å². The van der Waals surface area contributed by atoms with Crippen LogP contribution in [0.5, 0.6) is 17.6 Å². The summed E-state index contributed by atoms with van der Waals surface area (Å²) in [6, 6.07) is 6.16. The van der Waals surface area contributed by atoms with E-state index in [0.29, 0.717) is 23.7 Å². The minimum Gasteiger partial charge on any atom is -0.480 e. The van der Waals surface area contributed by atoms with Gasteiger partial charge in [-0.2, -0.15) is 10.1 Å². The van der Waals surface area contributed by atoms with Crippen molar-refractivity contribution in [1.29, 1.82) is 0 Å². The molecule has 3 aliphatic rings. The van der Waals surface area contributed by atoms with Gasteiger partial charge in [0, 0.05) is 50.7 Å². The van der Waals surface area contributed by atoms with Crippen molar-refractivity contribution in [3.63, 3.8) is 0 Å². The highest BCUT2D eigenvalue weighted by Crippen LogP contribution is 2.44. The lowest BCUT2D eigenvalue weighted by atomic mass is 9.81. The van der Waals surface area contributed by atoms with E-state index in [2.05, 4.69) is 30.5 Å². The molecule has 2 aromatic heterocycles. The fraction of sp³-hybridized carbons (Fsp3) is 0.520. The number of rotatable bonds is 8. The van der Waals surface area contributed by atoms with Gasteiger partial charge >= 0.3 is 6.01 Å². The van der Waals surface area contributed by atoms with Gasteiger partial charge in [0.2, 0.25) is 17.8 Å². The van der Waals surface area contributed by atoms with Gasteiger partial charge in [-0.15, -0.1) is 10.2 Å². The minimum absolute atomic E-state index is 0.0871. The quantitative estimate of drug-likeness (QED) is 0.418. The summed E-state index contributed by atoms with van der Waals surface area (Å²) in [5, 5.41) is 16.0. The Hall–Kier alpha value is -3.28. The first kappa shape index (κ1) is 25.0. The van der Waals surface area contributed by atoms with Crippen LogP contribution in [0.4, 0.5) is 24.8 Å². The first-order valence-corrected chi connectivity index (χ1v) is 13.0. The van der Waals surface area contributed by atoms with Crippen LogP contribution in [0.15, 0.2) is 30.5 Å². The van der Waals surface area contributed by atoms with Crippen molar-refractivity contribution in [1.82, 2.24) is 25.0 Å². The predicted molar refractivity (Wildman–Crippen MR) is 134 cm³/mol. The summed E-state index contributed by atoms with van der Waals surface area (Å²) in [7, 11) is 1.57. The van der Waals surface area contributed by atoms with E-state index < -0.39 is 11.7 Å². The number of nitrogens with zero attached hydrogens (tertiary/aromatic N) is 6. The minimum atomic E-state index is -2.64. The Morgan fingerprint density at radius 1 is 1.16 bits per heavy atom. The molecule has 0 unspecified atom stereocenters. The number of methoxy groups -OCH3 is 1. The van der Waals surface area contributed by atoms with Gasteiger partial charge in [0.15, 0.2) is 0 Å². The summed E-state index contributed by atoms with van der Waals surface area (Å²) in [6.45, 7) is 1.91. The Morgan fingerprint density at radius 2 is 1.92 bits per heavy atom. The average Bonchev–Trinajstić information content (AvgIpc) is 3.34. The molecule has 13 heteroatoms. The zero-order chi connectivity index (χ0) is 26.4. The van der Waals surface area contributed by atoms with Gasteiger partial charge in [-0.25, -0.2) is 17.9 Å². The molecule has 38 heavy (non-hydrogen) atoms. The van der Waals surface area contributed by atoms with Crippen molar-refractivity contribution in [3.05, 3.63) is 41.3 Å². The van der Waals surface area contributed by atoms with Crippen molar-refractivity contribution in [2.75, 3.05) is 30.4 Å². The van der Waals surface area contributed by atoms with Gasteiger partial charge in [-0.1, -0.05) is 11.6 Å². The molecule has 1 aliphatic heterocycles.